The van der Waals surface area contributed by atoms with E-state index in [1.54, 1.807) is 12.1 Å². The number of hydrogen-bond donors (Lipinski definition) is 1. The fourth-order valence-corrected chi connectivity index (χ4v) is 2.90. The fourth-order valence-electron chi connectivity index (χ4n) is 2.74. The van der Waals surface area contributed by atoms with E-state index in [4.69, 9.17) is 11.6 Å². The van der Waals surface area contributed by atoms with Crippen molar-refractivity contribution in [1.82, 2.24) is 10.2 Å². The minimum absolute atomic E-state index is 0.196. The van der Waals surface area contributed by atoms with Crippen LogP contribution in [0.5, 0.6) is 0 Å². The van der Waals surface area contributed by atoms with Crippen molar-refractivity contribution in [2.75, 3.05) is 19.6 Å². The van der Waals surface area contributed by atoms with Gasteiger partial charge in [-0.2, -0.15) is 0 Å². The summed E-state index contributed by atoms with van der Waals surface area (Å²) in [6.07, 6.45) is 2.39. The van der Waals surface area contributed by atoms with Crippen LogP contribution in [0.3, 0.4) is 0 Å². The highest BCUT2D eigenvalue weighted by Gasteiger charge is 2.24. The predicted molar refractivity (Wildman–Crippen MR) is 82.5 cm³/mol. The largest absolute Gasteiger partial charge is 0.315 e. The van der Waals surface area contributed by atoms with Gasteiger partial charge in [0.1, 0.15) is 5.82 Å². The van der Waals surface area contributed by atoms with Gasteiger partial charge in [0.2, 0.25) is 0 Å². The molecule has 0 bridgehead atoms. The fraction of sp³-hybridized carbons (Fsp3) is 0.625. The van der Waals surface area contributed by atoms with Crippen LogP contribution < -0.4 is 5.32 Å². The number of nitrogens with zero attached hydrogens (tertiary/aromatic N) is 1. The van der Waals surface area contributed by atoms with Gasteiger partial charge in [-0.25, -0.2) is 4.39 Å². The summed E-state index contributed by atoms with van der Waals surface area (Å²) in [5.41, 5.74) is 0.741. The summed E-state index contributed by atoms with van der Waals surface area (Å²) in [6, 6.07) is 5.49. The highest BCUT2D eigenvalue weighted by molar-refractivity contribution is 6.30. The van der Waals surface area contributed by atoms with Gasteiger partial charge in [-0.05, 0) is 44.0 Å². The summed E-state index contributed by atoms with van der Waals surface area (Å²) >= 11 is 5.80. The lowest BCUT2D eigenvalue weighted by Crippen LogP contribution is -2.38. The average molecular weight is 299 g/mol. The smallest absolute Gasteiger partial charge is 0.129 e. The van der Waals surface area contributed by atoms with Crippen LogP contribution in [0.15, 0.2) is 18.2 Å². The van der Waals surface area contributed by atoms with Gasteiger partial charge in [-0.1, -0.05) is 31.5 Å². The number of nitrogens with one attached hydrogen (secondary N) is 1. The second kappa shape index (κ2) is 7.39. The zero-order valence-electron chi connectivity index (χ0n) is 12.3. The van der Waals surface area contributed by atoms with E-state index in [2.05, 4.69) is 24.1 Å². The first-order chi connectivity index (χ1) is 9.56. The standard InChI is InChI=1S/C16H24ClFN2/c1-12(2)9-19-10-15-4-3-7-20(15)11-13-5-6-14(17)8-16(13)18/h5-6,8,12,15,19H,3-4,7,9-11H2,1-2H3. The molecule has 1 aromatic rings. The lowest BCUT2D eigenvalue weighted by Gasteiger charge is -2.25. The summed E-state index contributed by atoms with van der Waals surface area (Å²) in [4.78, 5) is 2.37. The second-order valence-corrected chi connectivity index (χ2v) is 6.49. The van der Waals surface area contributed by atoms with Crippen LogP contribution in [0.1, 0.15) is 32.3 Å². The molecule has 0 aliphatic carbocycles. The van der Waals surface area contributed by atoms with Crippen LogP contribution in [0, 0.1) is 11.7 Å². The Kier molecular flexibility index (Phi) is 5.82. The van der Waals surface area contributed by atoms with Crippen molar-refractivity contribution in [3.63, 3.8) is 0 Å². The van der Waals surface area contributed by atoms with Gasteiger partial charge in [0.25, 0.3) is 0 Å². The zero-order chi connectivity index (χ0) is 14.5. The number of halogens is 2. The van der Waals surface area contributed by atoms with E-state index in [1.165, 1.54) is 18.9 Å². The third-order valence-corrected chi connectivity index (χ3v) is 4.06. The third-order valence-electron chi connectivity index (χ3n) is 3.82. The van der Waals surface area contributed by atoms with Crippen LogP contribution in [-0.2, 0) is 6.54 Å². The molecule has 0 spiro atoms. The molecular weight excluding hydrogens is 275 g/mol. The number of benzene rings is 1. The molecule has 112 valence electrons. The Morgan fingerprint density at radius 2 is 2.25 bits per heavy atom. The zero-order valence-corrected chi connectivity index (χ0v) is 13.1. The van der Waals surface area contributed by atoms with Crippen molar-refractivity contribution in [2.24, 2.45) is 5.92 Å². The SMILES string of the molecule is CC(C)CNCC1CCCN1Cc1ccc(Cl)cc1F. The molecule has 1 saturated heterocycles. The van der Waals surface area contributed by atoms with E-state index in [1.807, 2.05) is 0 Å². The summed E-state index contributed by atoms with van der Waals surface area (Å²) in [5.74, 6) is 0.469. The Labute approximate surface area is 126 Å². The average Bonchev–Trinajstić information content (AvgIpc) is 2.80. The minimum Gasteiger partial charge on any atom is -0.315 e. The second-order valence-electron chi connectivity index (χ2n) is 6.05. The van der Waals surface area contributed by atoms with E-state index in [0.717, 1.165) is 25.2 Å². The van der Waals surface area contributed by atoms with Crippen LogP contribution in [0.2, 0.25) is 5.02 Å². The molecule has 20 heavy (non-hydrogen) atoms. The van der Waals surface area contributed by atoms with Gasteiger partial charge >= 0.3 is 0 Å². The molecule has 0 saturated carbocycles. The van der Waals surface area contributed by atoms with E-state index in [0.29, 0.717) is 23.5 Å². The van der Waals surface area contributed by atoms with Crippen LogP contribution >= 0.6 is 11.6 Å². The maximum Gasteiger partial charge on any atom is 0.129 e. The molecule has 1 heterocycles. The van der Waals surface area contributed by atoms with Gasteiger partial charge < -0.3 is 5.32 Å². The molecule has 1 unspecified atom stereocenters. The van der Waals surface area contributed by atoms with E-state index in [-0.39, 0.29) is 5.82 Å². The summed E-state index contributed by atoms with van der Waals surface area (Å²) < 4.78 is 13.9. The third kappa shape index (κ3) is 4.44. The van der Waals surface area contributed by atoms with Crippen molar-refractivity contribution in [2.45, 2.75) is 39.3 Å². The summed E-state index contributed by atoms with van der Waals surface area (Å²) in [6.45, 7) is 8.19. The molecule has 0 amide bonds. The van der Waals surface area contributed by atoms with E-state index < -0.39 is 0 Å². The van der Waals surface area contributed by atoms with Crippen LogP contribution in [0.25, 0.3) is 0 Å². The van der Waals surface area contributed by atoms with Gasteiger partial charge in [0, 0.05) is 29.7 Å². The van der Waals surface area contributed by atoms with Crippen molar-refractivity contribution >= 4 is 11.6 Å². The molecule has 0 radical (unpaired) electrons. The molecule has 1 aromatic carbocycles. The first kappa shape index (κ1) is 15.7. The Balaban J connectivity index is 1.90. The van der Waals surface area contributed by atoms with Gasteiger partial charge in [-0.15, -0.1) is 0 Å². The molecule has 2 nitrogen and oxygen atoms in total. The minimum atomic E-state index is -0.196. The van der Waals surface area contributed by atoms with E-state index >= 15 is 0 Å². The summed E-state index contributed by atoms with van der Waals surface area (Å²) in [5, 5.41) is 3.97. The lowest BCUT2D eigenvalue weighted by atomic mass is 10.1. The molecule has 1 atom stereocenters. The summed E-state index contributed by atoms with van der Waals surface area (Å²) in [7, 11) is 0. The number of hydrogen-bond acceptors (Lipinski definition) is 2. The Bertz CT molecular complexity index is 436. The molecule has 1 N–H and O–H groups in total. The maximum absolute atomic E-state index is 13.9. The lowest BCUT2D eigenvalue weighted by molar-refractivity contribution is 0.234. The first-order valence-corrected chi connectivity index (χ1v) is 7.82. The van der Waals surface area contributed by atoms with Gasteiger partial charge in [0.05, 0.1) is 0 Å². The van der Waals surface area contributed by atoms with Crippen LogP contribution in [-0.4, -0.2) is 30.6 Å². The maximum atomic E-state index is 13.9. The van der Waals surface area contributed by atoms with E-state index in [9.17, 15) is 4.39 Å². The number of likely N-dealkylation sites (tertiary alicyclic amines) is 1. The Morgan fingerprint density at radius 3 is 2.95 bits per heavy atom. The monoisotopic (exact) mass is 298 g/mol. The van der Waals surface area contributed by atoms with Crippen molar-refractivity contribution < 1.29 is 4.39 Å². The highest BCUT2D eigenvalue weighted by atomic mass is 35.5. The van der Waals surface area contributed by atoms with Crippen molar-refractivity contribution in [3.8, 4) is 0 Å². The first-order valence-electron chi connectivity index (χ1n) is 7.45. The van der Waals surface area contributed by atoms with Crippen molar-refractivity contribution in [1.29, 1.82) is 0 Å². The molecule has 1 fully saturated rings. The molecule has 2 rings (SSSR count). The molecule has 0 aromatic heterocycles. The Hall–Kier alpha value is -0.640. The topological polar surface area (TPSA) is 15.3 Å². The molecular formula is C16H24ClFN2. The quantitative estimate of drug-likeness (QED) is 0.862. The number of rotatable bonds is 6. The normalized spacial score (nSPS) is 19.9. The predicted octanol–water partition coefficient (Wildman–Crippen LogP) is 3.69. The highest BCUT2D eigenvalue weighted by Crippen LogP contribution is 2.22. The van der Waals surface area contributed by atoms with Crippen LogP contribution in [0.4, 0.5) is 4.39 Å². The van der Waals surface area contributed by atoms with Gasteiger partial charge in [0.15, 0.2) is 0 Å². The van der Waals surface area contributed by atoms with Gasteiger partial charge in [-0.3, -0.25) is 4.90 Å². The molecule has 1 aliphatic rings. The molecule has 4 heteroatoms. The van der Waals surface area contributed by atoms with Crippen molar-refractivity contribution in [3.05, 3.63) is 34.6 Å². The Morgan fingerprint density at radius 1 is 1.45 bits per heavy atom. The molecule has 1 aliphatic heterocycles.